The summed E-state index contributed by atoms with van der Waals surface area (Å²) in [6.07, 6.45) is 5.30. The van der Waals surface area contributed by atoms with Crippen LogP contribution in [0.2, 0.25) is 0 Å². The summed E-state index contributed by atoms with van der Waals surface area (Å²) >= 11 is 0. The number of fused-ring (bicyclic) bond motifs is 1. The van der Waals surface area contributed by atoms with E-state index in [1.165, 1.54) is 11.1 Å². The molecule has 0 saturated carbocycles. The molecule has 2 rings (SSSR count). The second-order valence-corrected chi connectivity index (χ2v) is 8.21. The molecule has 3 nitrogen and oxygen atoms in total. The molecule has 25 heavy (non-hydrogen) atoms. The van der Waals surface area contributed by atoms with Crippen LogP contribution in [-0.4, -0.2) is 25.4 Å². The molecule has 1 heterocycles. The third kappa shape index (κ3) is 5.78. The van der Waals surface area contributed by atoms with Gasteiger partial charge in [0.1, 0.15) is 11.5 Å². The van der Waals surface area contributed by atoms with E-state index >= 15 is 0 Å². The van der Waals surface area contributed by atoms with Gasteiger partial charge in [-0.05, 0) is 53.0 Å². The third-order valence-electron chi connectivity index (χ3n) is 4.81. The van der Waals surface area contributed by atoms with Gasteiger partial charge in [0.25, 0.3) is 0 Å². The Labute approximate surface area is 153 Å². The number of benzene rings is 1. The van der Waals surface area contributed by atoms with Gasteiger partial charge in [0.05, 0.1) is 18.8 Å². The van der Waals surface area contributed by atoms with Gasteiger partial charge in [0.2, 0.25) is 0 Å². The van der Waals surface area contributed by atoms with Crippen LogP contribution in [0.5, 0.6) is 11.5 Å². The van der Waals surface area contributed by atoms with Crippen molar-refractivity contribution in [3.63, 3.8) is 0 Å². The van der Waals surface area contributed by atoms with Crippen LogP contribution in [0.4, 0.5) is 0 Å². The SMILES string of the molecule is CCOC(C)(C)CCC(C)=CCCOc1ccc2c(c1)OCC2(C)C. The molecule has 0 radical (unpaired) electrons. The number of ether oxygens (including phenoxy) is 3. The molecule has 1 aliphatic heterocycles. The first kappa shape index (κ1) is 19.8. The summed E-state index contributed by atoms with van der Waals surface area (Å²) < 4.78 is 17.4. The molecular weight excluding hydrogens is 312 g/mol. The van der Waals surface area contributed by atoms with Crippen molar-refractivity contribution in [2.75, 3.05) is 19.8 Å². The van der Waals surface area contributed by atoms with Crippen LogP contribution in [0, 0.1) is 0 Å². The molecule has 0 amide bonds. The average molecular weight is 347 g/mol. The summed E-state index contributed by atoms with van der Waals surface area (Å²) in [4.78, 5) is 0. The molecule has 0 atom stereocenters. The van der Waals surface area contributed by atoms with E-state index in [-0.39, 0.29) is 11.0 Å². The first-order valence-corrected chi connectivity index (χ1v) is 9.43. The highest BCUT2D eigenvalue weighted by atomic mass is 16.5. The molecule has 0 aromatic heterocycles. The molecule has 140 valence electrons. The van der Waals surface area contributed by atoms with E-state index in [1.807, 2.05) is 13.0 Å². The lowest BCUT2D eigenvalue weighted by Gasteiger charge is -2.24. The molecule has 0 bridgehead atoms. The Kier molecular flexibility index (Phi) is 6.56. The summed E-state index contributed by atoms with van der Waals surface area (Å²) in [6, 6.07) is 6.20. The number of rotatable bonds is 9. The van der Waals surface area contributed by atoms with Gasteiger partial charge >= 0.3 is 0 Å². The molecule has 0 saturated heterocycles. The minimum absolute atomic E-state index is 0.0431. The highest BCUT2D eigenvalue weighted by Gasteiger charge is 2.31. The maximum Gasteiger partial charge on any atom is 0.126 e. The van der Waals surface area contributed by atoms with Crippen molar-refractivity contribution in [3.8, 4) is 11.5 Å². The maximum absolute atomic E-state index is 5.88. The zero-order valence-corrected chi connectivity index (χ0v) is 16.8. The number of hydrogen-bond donors (Lipinski definition) is 0. The van der Waals surface area contributed by atoms with Gasteiger partial charge < -0.3 is 14.2 Å². The van der Waals surface area contributed by atoms with Crippen molar-refractivity contribution in [3.05, 3.63) is 35.4 Å². The molecule has 1 aromatic rings. The molecule has 0 N–H and O–H groups in total. The largest absolute Gasteiger partial charge is 0.493 e. The fourth-order valence-electron chi connectivity index (χ4n) is 3.15. The lowest BCUT2D eigenvalue weighted by Crippen LogP contribution is -2.24. The Morgan fingerprint density at radius 2 is 2.08 bits per heavy atom. The zero-order chi connectivity index (χ0) is 18.5. The topological polar surface area (TPSA) is 27.7 Å². The van der Waals surface area contributed by atoms with Gasteiger partial charge in [-0.2, -0.15) is 0 Å². The van der Waals surface area contributed by atoms with Crippen molar-refractivity contribution in [2.24, 2.45) is 0 Å². The summed E-state index contributed by atoms with van der Waals surface area (Å²) in [7, 11) is 0. The molecule has 1 aliphatic rings. The number of hydrogen-bond acceptors (Lipinski definition) is 3. The lowest BCUT2D eigenvalue weighted by atomic mass is 9.87. The Morgan fingerprint density at radius 1 is 1.32 bits per heavy atom. The van der Waals surface area contributed by atoms with Crippen molar-refractivity contribution >= 4 is 0 Å². The molecule has 0 unspecified atom stereocenters. The Morgan fingerprint density at radius 3 is 2.80 bits per heavy atom. The minimum Gasteiger partial charge on any atom is -0.493 e. The van der Waals surface area contributed by atoms with Crippen molar-refractivity contribution in [1.82, 2.24) is 0 Å². The van der Waals surface area contributed by atoms with E-state index in [0.717, 1.165) is 44.0 Å². The molecule has 1 aromatic carbocycles. The van der Waals surface area contributed by atoms with Gasteiger partial charge in [-0.3, -0.25) is 0 Å². The summed E-state index contributed by atoms with van der Waals surface area (Å²) in [5.74, 6) is 1.85. The summed E-state index contributed by atoms with van der Waals surface area (Å²) in [5.41, 5.74) is 2.73. The smallest absolute Gasteiger partial charge is 0.126 e. The van der Waals surface area contributed by atoms with Gasteiger partial charge in [-0.25, -0.2) is 0 Å². The zero-order valence-electron chi connectivity index (χ0n) is 16.8. The van der Waals surface area contributed by atoms with Gasteiger partial charge in [0, 0.05) is 23.7 Å². The average Bonchev–Trinajstić information content (AvgIpc) is 2.85. The van der Waals surface area contributed by atoms with Gasteiger partial charge in [0.15, 0.2) is 0 Å². The molecular formula is C22H34O3. The van der Waals surface area contributed by atoms with E-state index < -0.39 is 0 Å². The second-order valence-electron chi connectivity index (χ2n) is 8.21. The third-order valence-corrected chi connectivity index (χ3v) is 4.81. The quantitative estimate of drug-likeness (QED) is 0.426. The van der Waals surface area contributed by atoms with E-state index in [0.29, 0.717) is 6.61 Å². The Hall–Kier alpha value is -1.48. The first-order chi connectivity index (χ1) is 11.7. The van der Waals surface area contributed by atoms with Crippen LogP contribution in [0.1, 0.15) is 66.4 Å². The van der Waals surface area contributed by atoms with Crippen LogP contribution in [-0.2, 0) is 10.2 Å². The van der Waals surface area contributed by atoms with Crippen LogP contribution in [0.3, 0.4) is 0 Å². The van der Waals surface area contributed by atoms with E-state index in [2.05, 4.69) is 52.8 Å². The highest BCUT2D eigenvalue weighted by Crippen LogP contribution is 2.40. The Balaban J connectivity index is 1.76. The molecule has 0 spiro atoms. The molecule has 0 fully saturated rings. The van der Waals surface area contributed by atoms with Crippen molar-refractivity contribution in [2.45, 2.75) is 71.8 Å². The van der Waals surface area contributed by atoms with Gasteiger partial charge in [-0.1, -0.05) is 31.6 Å². The van der Waals surface area contributed by atoms with Crippen LogP contribution < -0.4 is 9.47 Å². The van der Waals surface area contributed by atoms with Crippen molar-refractivity contribution < 1.29 is 14.2 Å². The van der Waals surface area contributed by atoms with E-state index in [9.17, 15) is 0 Å². The highest BCUT2D eigenvalue weighted by molar-refractivity contribution is 5.47. The summed E-state index contributed by atoms with van der Waals surface area (Å²) in [5, 5.41) is 0. The van der Waals surface area contributed by atoms with E-state index in [4.69, 9.17) is 14.2 Å². The Bertz CT molecular complexity index is 599. The van der Waals surface area contributed by atoms with Crippen LogP contribution in [0.15, 0.2) is 29.8 Å². The van der Waals surface area contributed by atoms with Crippen molar-refractivity contribution in [1.29, 1.82) is 0 Å². The molecule has 3 heteroatoms. The van der Waals surface area contributed by atoms with Crippen LogP contribution >= 0.6 is 0 Å². The van der Waals surface area contributed by atoms with E-state index in [1.54, 1.807) is 0 Å². The molecule has 0 aliphatic carbocycles. The van der Waals surface area contributed by atoms with Crippen LogP contribution in [0.25, 0.3) is 0 Å². The maximum atomic E-state index is 5.88. The normalized spacial score (nSPS) is 16.5. The fraction of sp³-hybridized carbons (Fsp3) is 0.636. The predicted molar refractivity (Wildman–Crippen MR) is 104 cm³/mol. The standard InChI is InChI=1S/C22H34O3/c1-7-25-22(5,6)13-12-17(2)9-8-14-23-18-10-11-19-20(15-18)24-16-21(19,3)4/h9-11,15H,7-8,12-14,16H2,1-6H3. The monoisotopic (exact) mass is 346 g/mol. The fourth-order valence-corrected chi connectivity index (χ4v) is 3.15. The number of allylic oxidation sites excluding steroid dienone is 1. The minimum atomic E-state index is -0.0431. The van der Waals surface area contributed by atoms with Gasteiger partial charge in [-0.15, -0.1) is 0 Å². The predicted octanol–water partition coefficient (Wildman–Crippen LogP) is 5.67. The summed E-state index contributed by atoms with van der Waals surface area (Å²) in [6.45, 7) is 15.2. The lowest BCUT2D eigenvalue weighted by molar-refractivity contribution is -0.0158. The first-order valence-electron chi connectivity index (χ1n) is 9.43. The second kappa shape index (κ2) is 8.27.